The molecule has 3 heterocycles. The van der Waals surface area contributed by atoms with Crippen molar-refractivity contribution in [1.82, 2.24) is 14.7 Å². The average molecular weight is 488 g/mol. The van der Waals surface area contributed by atoms with Crippen LogP contribution in [0.15, 0.2) is 64.4 Å². The van der Waals surface area contributed by atoms with Gasteiger partial charge in [0.2, 0.25) is 0 Å². The van der Waals surface area contributed by atoms with Gasteiger partial charge in [0.1, 0.15) is 29.5 Å². The second-order valence-corrected chi connectivity index (χ2v) is 10.0. The molecule has 1 aromatic heterocycles. The summed E-state index contributed by atoms with van der Waals surface area (Å²) in [4.78, 5) is 6.78. The molecule has 2 saturated heterocycles. The lowest BCUT2D eigenvalue weighted by Crippen LogP contribution is -2.28. The zero-order valence-electron chi connectivity index (χ0n) is 20.2. The molecule has 0 N–H and O–H groups in total. The summed E-state index contributed by atoms with van der Waals surface area (Å²) in [7, 11) is 0. The zero-order valence-corrected chi connectivity index (χ0v) is 21.1. The van der Waals surface area contributed by atoms with Crippen LogP contribution in [-0.2, 0) is 12.3 Å². The quantitative estimate of drug-likeness (QED) is 0.341. The number of allylic oxidation sites excluding steroid dienone is 1. The smallest absolute Gasteiger partial charge is 0.169 e. The number of nitrogens with zero attached hydrogens (tertiary/aromatic N) is 5. The highest BCUT2D eigenvalue weighted by Crippen LogP contribution is 2.24. The van der Waals surface area contributed by atoms with Gasteiger partial charge in [-0.15, -0.1) is 0 Å². The van der Waals surface area contributed by atoms with Crippen molar-refractivity contribution in [2.24, 2.45) is 0 Å². The Balaban J connectivity index is 1.26. The molecular formula is C28H33N5OS. The first-order chi connectivity index (χ1) is 17.3. The Kier molecular flexibility index (Phi) is 9.34. The topological polar surface area (TPSA) is 70.4 Å². The van der Waals surface area contributed by atoms with Gasteiger partial charge in [0.15, 0.2) is 5.57 Å². The van der Waals surface area contributed by atoms with Crippen molar-refractivity contribution in [2.75, 3.05) is 45.0 Å². The van der Waals surface area contributed by atoms with Crippen molar-refractivity contribution in [3.8, 4) is 12.1 Å². The molecule has 0 unspecified atom stereocenters. The number of piperidine rings is 1. The third-order valence-corrected chi connectivity index (χ3v) is 7.38. The first kappa shape index (κ1) is 25.0. The van der Waals surface area contributed by atoms with E-state index in [-0.39, 0.29) is 5.57 Å². The maximum absolute atomic E-state index is 9.54. The molecule has 0 atom stereocenters. The van der Waals surface area contributed by atoms with Gasteiger partial charge in [0.25, 0.3) is 0 Å². The van der Waals surface area contributed by atoms with Crippen LogP contribution >= 0.6 is 11.8 Å². The van der Waals surface area contributed by atoms with Gasteiger partial charge in [-0.25, -0.2) is 0 Å². The van der Waals surface area contributed by atoms with E-state index in [1.807, 2.05) is 30.0 Å². The van der Waals surface area contributed by atoms with E-state index < -0.39 is 0 Å². The first-order valence-corrected chi connectivity index (χ1v) is 13.6. The Morgan fingerprint density at radius 1 is 0.914 bits per heavy atom. The lowest BCUT2D eigenvalue weighted by Gasteiger charge is -2.25. The van der Waals surface area contributed by atoms with Crippen molar-refractivity contribution < 1.29 is 4.42 Å². The number of rotatable bonds is 10. The van der Waals surface area contributed by atoms with E-state index in [1.165, 1.54) is 32.4 Å². The Hall–Kier alpha value is -3.13. The summed E-state index contributed by atoms with van der Waals surface area (Å²) < 4.78 is 6.06. The third-order valence-electron chi connectivity index (χ3n) is 6.42. The van der Waals surface area contributed by atoms with Crippen LogP contribution < -0.4 is 0 Å². The molecule has 0 radical (unpaired) electrons. The maximum atomic E-state index is 9.54. The Labute approximate surface area is 213 Å². The fourth-order valence-corrected chi connectivity index (χ4v) is 5.49. The summed E-state index contributed by atoms with van der Waals surface area (Å²) in [5, 5.41) is 19.1. The van der Waals surface area contributed by atoms with Gasteiger partial charge in [-0.3, -0.25) is 4.90 Å². The molecule has 0 saturated carbocycles. The molecule has 7 heteroatoms. The molecule has 2 aromatic rings. The van der Waals surface area contributed by atoms with Crippen molar-refractivity contribution in [1.29, 1.82) is 10.5 Å². The second kappa shape index (κ2) is 13.1. The number of likely N-dealkylation sites (tertiary alicyclic amines) is 1. The normalized spacial score (nSPS) is 16.6. The molecule has 0 bridgehead atoms. The highest BCUT2D eigenvalue weighted by Gasteiger charge is 2.27. The molecule has 2 fully saturated rings. The Morgan fingerprint density at radius 3 is 2.43 bits per heavy atom. The van der Waals surface area contributed by atoms with Gasteiger partial charge < -0.3 is 14.2 Å². The molecule has 2 aliphatic rings. The molecule has 182 valence electrons. The summed E-state index contributed by atoms with van der Waals surface area (Å²) in [5.41, 5.74) is 1.33. The standard InChI is InChI=1S/C28H33N5OS/c29-20-25(21-30)28-32(15-7-10-24-8-3-1-4-9-24)16-17-33(28)18-19-35-23-27-12-11-26(34-27)22-31-13-5-2-6-14-31/h1,3-4,7-12H,2,5-6,13-19,22-23H2. The van der Waals surface area contributed by atoms with Gasteiger partial charge in [0, 0.05) is 31.9 Å². The van der Waals surface area contributed by atoms with E-state index in [1.54, 1.807) is 0 Å². The van der Waals surface area contributed by atoms with Crippen molar-refractivity contribution in [3.63, 3.8) is 0 Å². The lowest BCUT2D eigenvalue weighted by atomic mass is 10.1. The minimum absolute atomic E-state index is 0.189. The van der Waals surface area contributed by atoms with E-state index in [2.05, 4.69) is 63.3 Å². The molecular weight excluding hydrogens is 454 g/mol. The van der Waals surface area contributed by atoms with E-state index in [0.29, 0.717) is 6.54 Å². The van der Waals surface area contributed by atoms with Crippen molar-refractivity contribution >= 4 is 17.8 Å². The van der Waals surface area contributed by atoms with Crippen LogP contribution in [0.4, 0.5) is 0 Å². The summed E-state index contributed by atoms with van der Waals surface area (Å²) in [5.74, 6) is 4.57. The van der Waals surface area contributed by atoms with Gasteiger partial charge in [-0.1, -0.05) is 48.9 Å². The van der Waals surface area contributed by atoms with Crippen LogP contribution in [0.5, 0.6) is 0 Å². The second-order valence-electron chi connectivity index (χ2n) is 8.93. The van der Waals surface area contributed by atoms with Gasteiger partial charge >= 0.3 is 0 Å². The Morgan fingerprint density at radius 2 is 1.66 bits per heavy atom. The van der Waals surface area contributed by atoms with Crippen LogP contribution in [-0.4, -0.2) is 59.7 Å². The summed E-state index contributed by atoms with van der Waals surface area (Å²) >= 11 is 1.83. The molecule has 0 aliphatic carbocycles. The van der Waals surface area contributed by atoms with Crippen LogP contribution in [0.25, 0.3) is 6.08 Å². The number of furan rings is 1. The zero-order chi connectivity index (χ0) is 24.3. The highest BCUT2D eigenvalue weighted by atomic mass is 32.2. The van der Waals surface area contributed by atoms with Crippen LogP contribution in [0, 0.1) is 22.7 Å². The number of nitriles is 2. The van der Waals surface area contributed by atoms with Crippen LogP contribution in [0.2, 0.25) is 0 Å². The highest BCUT2D eigenvalue weighted by molar-refractivity contribution is 7.98. The summed E-state index contributed by atoms with van der Waals surface area (Å²) in [6.45, 7) is 6.35. The molecule has 0 amide bonds. The van der Waals surface area contributed by atoms with Crippen molar-refractivity contribution in [2.45, 2.75) is 31.6 Å². The molecule has 0 spiro atoms. The van der Waals surface area contributed by atoms with Gasteiger partial charge in [-0.05, 0) is 43.6 Å². The predicted octanol–water partition coefficient (Wildman–Crippen LogP) is 5.09. The van der Waals surface area contributed by atoms with E-state index >= 15 is 0 Å². The van der Waals surface area contributed by atoms with E-state index in [4.69, 9.17) is 4.42 Å². The predicted molar refractivity (Wildman–Crippen MR) is 141 cm³/mol. The molecule has 2 aliphatic heterocycles. The number of thioether (sulfide) groups is 1. The Bertz CT molecular complexity index is 1070. The van der Waals surface area contributed by atoms with Crippen molar-refractivity contribution in [3.05, 3.63) is 77.0 Å². The monoisotopic (exact) mass is 487 g/mol. The first-order valence-electron chi connectivity index (χ1n) is 12.4. The fraction of sp³-hybridized carbons (Fsp3) is 0.429. The van der Waals surface area contributed by atoms with Crippen LogP contribution in [0.1, 0.15) is 36.3 Å². The third kappa shape index (κ3) is 7.18. The largest absolute Gasteiger partial charge is 0.464 e. The number of hydrogen-bond acceptors (Lipinski definition) is 7. The van der Waals surface area contributed by atoms with Gasteiger partial charge in [-0.2, -0.15) is 22.3 Å². The molecule has 6 nitrogen and oxygen atoms in total. The minimum atomic E-state index is 0.189. The molecule has 4 rings (SSSR count). The van der Waals surface area contributed by atoms with Crippen LogP contribution in [0.3, 0.4) is 0 Å². The summed E-state index contributed by atoms with van der Waals surface area (Å²) in [6.07, 6.45) is 8.10. The van der Waals surface area contributed by atoms with E-state index in [0.717, 1.165) is 60.6 Å². The number of benzene rings is 1. The maximum Gasteiger partial charge on any atom is 0.169 e. The number of hydrogen-bond donors (Lipinski definition) is 0. The summed E-state index contributed by atoms with van der Waals surface area (Å²) in [6, 6.07) is 18.6. The average Bonchev–Trinajstić information content (AvgIpc) is 3.51. The molecule has 35 heavy (non-hydrogen) atoms. The van der Waals surface area contributed by atoms with E-state index in [9.17, 15) is 10.5 Å². The fourth-order valence-electron chi connectivity index (χ4n) is 4.64. The molecule has 1 aromatic carbocycles. The lowest BCUT2D eigenvalue weighted by molar-refractivity contribution is 0.204. The van der Waals surface area contributed by atoms with Gasteiger partial charge in [0.05, 0.1) is 12.3 Å². The minimum Gasteiger partial charge on any atom is -0.464 e. The SMILES string of the molecule is N#CC(C#N)=C1N(CC=Cc2ccccc2)CCN1CCSCc1ccc(CN2CCCCC2)o1.